The zero-order valence-electron chi connectivity index (χ0n) is 11.5. The molecule has 0 saturated carbocycles. The summed E-state index contributed by atoms with van der Waals surface area (Å²) in [6.07, 6.45) is 1.73. The molecule has 21 heavy (non-hydrogen) atoms. The first-order chi connectivity index (χ1) is 9.54. The van der Waals surface area contributed by atoms with Crippen molar-refractivity contribution in [1.29, 1.82) is 0 Å². The molecular weight excluding hydrogens is 385 g/mol. The Bertz CT molecular complexity index is 706. The van der Waals surface area contributed by atoms with Crippen LogP contribution in [0.5, 0.6) is 0 Å². The van der Waals surface area contributed by atoms with Crippen molar-refractivity contribution in [3.63, 3.8) is 0 Å². The largest absolute Gasteiger partial charge is 0.333 e. The van der Waals surface area contributed by atoms with Gasteiger partial charge in [0.05, 0.1) is 5.56 Å². The Hall–Kier alpha value is -0.660. The molecule has 0 radical (unpaired) electrons. The van der Waals surface area contributed by atoms with Gasteiger partial charge in [-0.2, -0.15) is 0 Å². The lowest BCUT2D eigenvalue weighted by Gasteiger charge is -2.32. The van der Waals surface area contributed by atoms with E-state index in [1.165, 1.54) is 0 Å². The van der Waals surface area contributed by atoms with Crippen LogP contribution < -0.4 is 0 Å². The molecule has 0 unspecified atom stereocenters. The Kier molecular flexibility index (Phi) is 4.39. The van der Waals surface area contributed by atoms with Gasteiger partial charge in [-0.15, -0.1) is 0 Å². The molecule has 1 aliphatic rings. The predicted octanol–water partition coefficient (Wildman–Crippen LogP) is 3.53. The third-order valence-electron chi connectivity index (χ3n) is 3.66. The van der Waals surface area contributed by atoms with Crippen molar-refractivity contribution in [1.82, 2.24) is 4.90 Å². The molecule has 8 heteroatoms. The molecule has 1 fully saturated rings. The lowest BCUT2D eigenvalue weighted by atomic mass is 10.0. The monoisotopic (exact) mass is 397 g/mol. The SMILES string of the molecule is CC1(C)CCCN1C(=O)c1cc(S(=O)(=O)Cl)c(F)cc1Br. The molecule has 1 saturated heterocycles. The molecule has 0 atom stereocenters. The average molecular weight is 399 g/mol. The van der Waals surface area contributed by atoms with E-state index < -0.39 is 19.8 Å². The fourth-order valence-corrected chi connectivity index (χ4v) is 3.90. The zero-order chi connectivity index (χ0) is 16.0. The lowest BCUT2D eigenvalue weighted by Crippen LogP contribution is -2.42. The van der Waals surface area contributed by atoms with Crippen molar-refractivity contribution in [3.05, 3.63) is 28.0 Å². The number of hydrogen-bond donors (Lipinski definition) is 0. The number of nitrogens with zero attached hydrogens (tertiary/aromatic N) is 1. The normalized spacial score (nSPS) is 18.0. The van der Waals surface area contributed by atoms with Gasteiger partial charge in [-0.1, -0.05) is 0 Å². The van der Waals surface area contributed by atoms with Crippen LogP contribution in [0, 0.1) is 5.82 Å². The number of likely N-dealkylation sites (tertiary alicyclic amines) is 1. The topological polar surface area (TPSA) is 54.5 Å². The van der Waals surface area contributed by atoms with E-state index in [2.05, 4.69) is 15.9 Å². The van der Waals surface area contributed by atoms with Gasteiger partial charge in [0.2, 0.25) is 0 Å². The smallest absolute Gasteiger partial charge is 0.264 e. The van der Waals surface area contributed by atoms with E-state index in [4.69, 9.17) is 10.7 Å². The minimum absolute atomic E-state index is 0.0885. The molecule has 0 aromatic heterocycles. The van der Waals surface area contributed by atoms with Crippen LogP contribution >= 0.6 is 26.6 Å². The third-order valence-corrected chi connectivity index (χ3v) is 5.65. The van der Waals surface area contributed by atoms with Crippen LogP contribution in [0.1, 0.15) is 37.0 Å². The van der Waals surface area contributed by atoms with Crippen molar-refractivity contribution in [2.75, 3.05) is 6.54 Å². The van der Waals surface area contributed by atoms with E-state index in [0.29, 0.717) is 6.54 Å². The Morgan fingerprint density at radius 3 is 2.52 bits per heavy atom. The highest BCUT2D eigenvalue weighted by Crippen LogP contribution is 2.33. The average Bonchev–Trinajstić information content (AvgIpc) is 2.66. The third kappa shape index (κ3) is 3.24. The van der Waals surface area contributed by atoms with Gasteiger partial charge in [-0.25, -0.2) is 12.8 Å². The van der Waals surface area contributed by atoms with Crippen molar-refractivity contribution in [2.24, 2.45) is 0 Å². The van der Waals surface area contributed by atoms with Crippen LogP contribution in [0.2, 0.25) is 0 Å². The van der Waals surface area contributed by atoms with Crippen molar-refractivity contribution < 1.29 is 17.6 Å². The van der Waals surface area contributed by atoms with E-state index in [0.717, 1.165) is 25.0 Å². The molecule has 0 aliphatic carbocycles. The van der Waals surface area contributed by atoms with Gasteiger partial charge in [0.25, 0.3) is 15.0 Å². The molecule has 1 amide bonds. The van der Waals surface area contributed by atoms with Crippen molar-refractivity contribution >= 4 is 41.6 Å². The molecule has 116 valence electrons. The molecule has 1 heterocycles. The first kappa shape index (κ1) is 16.7. The summed E-state index contributed by atoms with van der Waals surface area (Å²) >= 11 is 3.11. The van der Waals surface area contributed by atoms with Gasteiger partial charge in [0, 0.05) is 27.2 Å². The fourth-order valence-electron chi connectivity index (χ4n) is 2.51. The first-order valence-electron chi connectivity index (χ1n) is 6.30. The van der Waals surface area contributed by atoms with Crippen molar-refractivity contribution in [3.8, 4) is 0 Å². The van der Waals surface area contributed by atoms with E-state index in [1.807, 2.05) is 13.8 Å². The van der Waals surface area contributed by atoms with Crippen LogP contribution in [0.4, 0.5) is 4.39 Å². The maximum atomic E-state index is 13.7. The first-order valence-corrected chi connectivity index (χ1v) is 9.40. The summed E-state index contributed by atoms with van der Waals surface area (Å²) in [5, 5.41) is 0. The van der Waals surface area contributed by atoms with Crippen LogP contribution in [0.25, 0.3) is 0 Å². The number of halogens is 3. The van der Waals surface area contributed by atoms with Crippen molar-refractivity contribution in [2.45, 2.75) is 37.1 Å². The van der Waals surface area contributed by atoms with Gasteiger partial charge in [0.15, 0.2) is 0 Å². The van der Waals surface area contributed by atoms with Gasteiger partial charge in [-0.05, 0) is 54.8 Å². The predicted molar refractivity (Wildman–Crippen MR) is 81.5 cm³/mol. The molecular formula is C13H14BrClFNO3S. The number of hydrogen-bond acceptors (Lipinski definition) is 3. The van der Waals surface area contributed by atoms with Crippen LogP contribution in [-0.4, -0.2) is 31.3 Å². The van der Waals surface area contributed by atoms with Gasteiger partial charge >= 0.3 is 0 Å². The minimum Gasteiger partial charge on any atom is -0.333 e. The second-order valence-corrected chi connectivity index (χ2v) is 8.96. The Balaban J connectivity index is 2.52. The van der Waals surface area contributed by atoms with E-state index in [9.17, 15) is 17.6 Å². The summed E-state index contributed by atoms with van der Waals surface area (Å²) in [5.74, 6) is -1.33. The Labute approximate surface area is 135 Å². The number of amides is 1. The quantitative estimate of drug-likeness (QED) is 0.716. The highest BCUT2D eigenvalue weighted by Gasteiger charge is 2.37. The molecule has 4 nitrogen and oxygen atoms in total. The maximum absolute atomic E-state index is 13.7. The summed E-state index contributed by atoms with van der Waals surface area (Å²) in [7, 11) is 0.948. The second-order valence-electron chi connectivity index (χ2n) is 5.57. The molecule has 2 rings (SSSR count). The van der Waals surface area contributed by atoms with E-state index >= 15 is 0 Å². The standard InChI is InChI=1S/C13H14BrClFNO3S/c1-13(2)4-3-5-17(13)12(18)8-6-11(21(15,19)20)10(16)7-9(8)14/h6-7H,3-5H2,1-2H3. The van der Waals surface area contributed by atoms with Gasteiger partial charge in [-0.3, -0.25) is 4.79 Å². The van der Waals surface area contributed by atoms with E-state index in [1.54, 1.807) is 4.90 Å². The minimum atomic E-state index is -4.25. The van der Waals surface area contributed by atoms with Gasteiger partial charge < -0.3 is 4.90 Å². The fraction of sp³-hybridized carbons (Fsp3) is 0.462. The molecule has 1 aliphatic heterocycles. The highest BCUT2D eigenvalue weighted by atomic mass is 79.9. The number of carbonyl (C=O) groups excluding carboxylic acids is 1. The van der Waals surface area contributed by atoms with E-state index in [-0.39, 0.29) is 21.5 Å². The molecule has 0 N–H and O–H groups in total. The second kappa shape index (κ2) is 5.52. The molecule has 1 aromatic carbocycles. The molecule has 0 bridgehead atoms. The number of rotatable bonds is 2. The van der Waals surface area contributed by atoms with Crippen LogP contribution in [-0.2, 0) is 9.05 Å². The Morgan fingerprint density at radius 2 is 2.05 bits per heavy atom. The van der Waals surface area contributed by atoms with Crippen LogP contribution in [0.15, 0.2) is 21.5 Å². The summed E-state index contributed by atoms with van der Waals surface area (Å²) < 4.78 is 36.7. The zero-order valence-corrected chi connectivity index (χ0v) is 14.6. The van der Waals surface area contributed by atoms with Gasteiger partial charge in [0.1, 0.15) is 10.7 Å². The summed E-state index contributed by atoms with van der Waals surface area (Å²) in [4.78, 5) is 13.6. The Morgan fingerprint density at radius 1 is 1.43 bits per heavy atom. The summed E-state index contributed by atoms with van der Waals surface area (Å²) in [6.45, 7) is 4.46. The van der Waals surface area contributed by atoms with Crippen LogP contribution in [0.3, 0.4) is 0 Å². The summed E-state index contributed by atoms with van der Waals surface area (Å²) in [5.41, 5.74) is -0.226. The highest BCUT2D eigenvalue weighted by molar-refractivity contribution is 9.10. The summed E-state index contributed by atoms with van der Waals surface area (Å²) in [6, 6.07) is 1.93. The maximum Gasteiger partial charge on any atom is 0.264 e. The molecule has 1 aromatic rings. The lowest BCUT2D eigenvalue weighted by molar-refractivity contribution is 0.0650. The number of carbonyl (C=O) groups is 1. The number of benzene rings is 1. The molecule has 0 spiro atoms.